The first-order chi connectivity index (χ1) is 11.5. The Morgan fingerprint density at radius 1 is 1.21 bits per heavy atom. The van der Waals surface area contributed by atoms with Crippen LogP contribution in [-0.4, -0.2) is 41.6 Å². The van der Waals surface area contributed by atoms with Crippen molar-refractivity contribution in [3.8, 4) is 0 Å². The van der Waals surface area contributed by atoms with Crippen molar-refractivity contribution >= 4 is 11.9 Å². The largest absolute Gasteiger partial charge is 0.478 e. The number of hydrogen-bond donors (Lipinski definition) is 1. The van der Waals surface area contributed by atoms with E-state index in [1.54, 1.807) is 0 Å². The number of morpholine rings is 1. The van der Waals surface area contributed by atoms with Crippen molar-refractivity contribution in [2.24, 2.45) is 0 Å². The molecule has 3 rings (SSSR count). The number of carbonyl (C=O) groups is 2. The monoisotopic (exact) mass is 337 g/mol. The minimum absolute atomic E-state index is 0.0988. The zero-order valence-electron chi connectivity index (χ0n) is 12.4. The van der Waals surface area contributed by atoms with Crippen LogP contribution in [0.15, 0.2) is 34.9 Å². The SMILES string of the molecule is O=C(O)c1coc(C(=O)N2CCOC(c3ccc(F)c(F)c3)C2)c1. The zero-order valence-corrected chi connectivity index (χ0v) is 12.4. The summed E-state index contributed by atoms with van der Waals surface area (Å²) in [6.45, 7) is 0.608. The van der Waals surface area contributed by atoms with Crippen LogP contribution in [0.4, 0.5) is 8.78 Å². The van der Waals surface area contributed by atoms with Gasteiger partial charge in [-0.25, -0.2) is 13.6 Å². The number of aromatic carboxylic acids is 1. The highest BCUT2D eigenvalue weighted by Crippen LogP contribution is 2.25. The molecule has 0 aliphatic carbocycles. The van der Waals surface area contributed by atoms with Crippen molar-refractivity contribution in [1.29, 1.82) is 0 Å². The highest BCUT2D eigenvalue weighted by atomic mass is 19.2. The van der Waals surface area contributed by atoms with Gasteiger partial charge in [-0.1, -0.05) is 6.07 Å². The van der Waals surface area contributed by atoms with Gasteiger partial charge in [0.05, 0.1) is 18.7 Å². The van der Waals surface area contributed by atoms with Gasteiger partial charge in [0.1, 0.15) is 12.4 Å². The first kappa shape index (κ1) is 16.1. The predicted molar refractivity (Wildman–Crippen MR) is 76.6 cm³/mol. The fraction of sp³-hybridized carbons (Fsp3) is 0.250. The van der Waals surface area contributed by atoms with E-state index in [0.717, 1.165) is 24.5 Å². The average Bonchev–Trinajstić information content (AvgIpc) is 3.07. The van der Waals surface area contributed by atoms with Gasteiger partial charge in [-0.2, -0.15) is 0 Å². The molecule has 1 fully saturated rings. The number of amides is 1. The molecule has 126 valence electrons. The van der Waals surface area contributed by atoms with Crippen LogP contribution in [0.2, 0.25) is 0 Å². The summed E-state index contributed by atoms with van der Waals surface area (Å²) >= 11 is 0. The summed E-state index contributed by atoms with van der Waals surface area (Å²) in [5, 5.41) is 8.86. The molecule has 0 radical (unpaired) electrons. The number of halogens is 2. The third-order valence-electron chi connectivity index (χ3n) is 3.73. The van der Waals surface area contributed by atoms with Gasteiger partial charge < -0.3 is 19.2 Å². The van der Waals surface area contributed by atoms with Crippen LogP contribution in [0.5, 0.6) is 0 Å². The number of carboxylic acids is 1. The second-order valence-corrected chi connectivity index (χ2v) is 5.29. The summed E-state index contributed by atoms with van der Waals surface area (Å²) < 4.78 is 36.9. The summed E-state index contributed by atoms with van der Waals surface area (Å²) in [5.74, 6) is -3.73. The predicted octanol–water partition coefficient (Wildman–Crippen LogP) is 2.47. The van der Waals surface area contributed by atoms with E-state index in [-0.39, 0.29) is 31.0 Å². The number of ether oxygens (including phenoxy) is 1. The number of rotatable bonds is 3. The Morgan fingerprint density at radius 2 is 2.00 bits per heavy atom. The van der Waals surface area contributed by atoms with E-state index in [4.69, 9.17) is 14.3 Å². The minimum Gasteiger partial charge on any atom is -0.478 e. The topological polar surface area (TPSA) is 80.0 Å². The normalized spacial score (nSPS) is 17.8. The molecule has 2 heterocycles. The third kappa shape index (κ3) is 3.13. The van der Waals surface area contributed by atoms with Gasteiger partial charge in [0.25, 0.3) is 5.91 Å². The second-order valence-electron chi connectivity index (χ2n) is 5.29. The average molecular weight is 337 g/mol. The third-order valence-corrected chi connectivity index (χ3v) is 3.73. The smallest absolute Gasteiger partial charge is 0.338 e. The van der Waals surface area contributed by atoms with Gasteiger partial charge in [0.15, 0.2) is 17.4 Å². The van der Waals surface area contributed by atoms with Crippen molar-refractivity contribution in [3.63, 3.8) is 0 Å². The summed E-state index contributed by atoms with van der Waals surface area (Å²) in [6.07, 6.45) is 0.384. The van der Waals surface area contributed by atoms with E-state index in [0.29, 0.717) is 5.56 Å². The molecule has 1 aliphatic heterocycles. The Labute approximate surface area is 135 Å². The van der Waals surface area contributed by atoms with Crippen LogP contribution in [-0.2, 0) is 4.74 Å². The quantitative estimate of drug-likeness (QED) is 0.931. The molecule has 0 spiro atoms. The summed E-state index contributed by atoms with van der Waals surface area (Å²) in [7, 11) is 0. The van der Waals surface area contributed by atoms with E-state index in [2.05, 4.69) is 0 Å². The maximum atomic E-state index is 13.4. The molecule has 8 heteroatoms. The molecule has 1 amide bonds. The van der Waals surface area contributed by atoms with E-state index in [1.165, 1.54) is 11.0 Å². The first-order valence-electron chi connectivity index (χ1n) is 7.13. The summed E-state index contributed by atoms with van der Waals surface area (Å²) in [4.78, 5) is 24.6. The van der Waals surface area contributed by atoms with Gasteiger partial charge in [0.2, 0.25) is 0 Å². The Bertz CT molecular complexity index is 789. The molecule has 2 aromatic rings. The fourth-order valence-corrected chi connectivity index (χ4v) is 2.46. The lowest BCUT2D eigenvalue weighted by Gasteiger charge is -2.32. The van der Waals surface area contributed by atoms with Crippen LogP contribution >= 0.6 is 0 Å². The molecule has 1 N–H and O–H groups in total. The van der Waals surface area contributed by atoms with Crippen LogP contribution in [0, 0.1) is 11.6 Å². The maximum absolute atomic E-state index is 13.4. The number of furan rings is 1. The fourth-order valence-electron chi connectivity index (χ4n) is 2.46. The van der Waals surface area contributed by atoms with Gasteiger partial charge in [0, 0.05) is 12.6 Å². The van der Waals surface area contributed by atoms with Crippen LogP contribution in [0.3, 0.4) is 0 Å². The highest BCUT2D eigenvalue weighted by Gasteiger charge is 2.28. The van der Waals surface area contributed by atoms with E-state index in [1.807, 2.05) is 0 Å². The van der Waals surface area contributed by atoms with Crippen LogP contribution < -0.4 is 0 Å². The molecule has 1 unspecified atom stereocenters. The lowest BCUT2D eigenvalue weighted by atomic mass is 10.1. The number of benzene rings is 1. The van der Waals surface area contributed by atoms with Crippen molar-refractivity contribution in [1.82, 2.24) is 4.90 Å². The molecule has 1 aromatic carbocycles. The Kier molecular flexibility index (Phi) is 4.30. The molecule has 1 atom stereocenters. The summed E-state index contributed by atoms with van der Waals surface area (Å²) in [5.41, 5.74) is 0.292. The maximum Gasteiger partial charge on any atom is 0.338 e. The standard InChI is InChI=1S/C16H13F2NO5/c17-11-2-1-9(5-12(11)18)14-7-19(3-4-23-14)15(20)13-6-10(8-24-13)16(21)22/h1-2,5-6,8,14H,3-4,7H2,(H,21,22). The van der Waals surface area contributed by atoms with Gasteiger partial charge in [-0.05, 0) is 17.7 Å². The molecule has 1 aliphatic rings. The van der Waals surface area contributed by atoms with Crippen molar-refractivity contribution in [2.45, 2.75) is 6.10 Å². The van der Waals surface area contributed by atoms with E-state index >= 15 is 0 Å². The van der Waals surface area contributed by atoms with Crippen molar-refractivity contribution < 1.29 is 32.6 Å². The van der Waals surface area contributed by atoms with Gasteiger partial charge >= 0.3 is 5.97 Å². The Morgan fingerprint density at radius 3 is 2.67 bits per heavy atom. The highest BCUT2D eigenvalue weighted by molar-refractivity contribution is 5.95. The number of carbonyl (C=O) groups excluding carboxylic acids is 1. The summed E-state index contributed by atoms with van der Waals surface area (Å²) in [6, 6.07) is 4.57. The van der Waals surface area contributed by atoms with Gasteiger partial charge in [-0.15, -0.1) is 0 Å². The van der Waals surface area contributed by atoms with Crippen molar-refractivity contribution in [2.75, 3.05) is 19.7 Å². The Balaban J connectivity index is 1.75. The zero-order chi connectivity index (χ0) is 17.3. The number of carboxylic acid groups (broad SMARTS) is 1. The lowest BCUT2D eigenvalue weighted by molar-refractivity contribution is -0.0239. The Hall–Kier alpha value is -2.74. The molecule has 1 saturated heterocycles. The first-order valence-corrected chi connectivity index (χ1v) is 7.13. The molecular formula is C16H13F2NO5. The van der Waals surface area contributed by atoms with Crippen LogP contribution in [0.1, 0.15) is 32.6 Å². The second kappa shape index (κ2) is 6.40. The molecule has 24 heavy (non-hydrogen) atoms. The van der Waals surface area contributed by atoms with Crippen molar-refractivity contribution in [3.05, 3.63) is 59.1 Å². The van der Waals surface area contributed by atoms with E-state index in [9.17, 15) is 18.4 Å². The lowest BCUT2D eigenvalue weighted by Crippen LogP contribution is -2.42. The molecule has 0 saturated carbocycles. The number of nitrogens with zero attached hydrogens (tertiary/aromatic N) is 1. The van der Waals surface area contributed by atoms with E-state index < -0.39 is 29.6 Å². The van der Waals surface area contributed by atoms with Gasteiger partial charge in [-0.3, -0.25) is 4.79 Å². The van der Waals surface area contributed by atoms with Crippen LogP contribution in [0.25, 0.3) is 0 Å². The minimum atomic E-state index is -1.19. The molecule has 1 aromatic heterocycles. The number of hydrogen-bond acceptors (Lipinski definition) is 4. The molecular weight excluding hydrogens is 324 g/mol. The molecule has 6 nitrogen and oxygen atoms in total. The molecule has 0 bridgehead atoms.